The van der Waals surface area contributed by atoms with Gasteiger partial charge in [-0.05, 0) is 31.2 Å². The van der Waals surface area contributed by atoms with Crippen molar-refractivity contribution in [3.8, 4) is 0 Å². The summed E-state index contributed by atoms with van der Waals surface area (Å²) in [4.78, 5) is 13.8. The predicted molar refractivity (Wildman–Crippen MR) is 73.6 cm³/mol. The summed E-state index contributed by atoms with van der Waals surface area (Å²) < 4.78 is 0. The molecule has 1 N–H and O–H groups in total. The van der Waals surface area contributed by atoms with E-state index in [0.29, 0.717) is 12.5 Å². The maximum absolute atomic E-state index is 11.9. The summed E-state index contributed by atoms with van der Waals surface area (Å²) >= 11 is 0. The fourth-order valence-corrected chi connectivity index (χ4v) is 2.30. The van der Waals surface area contributed by atoms with E-state index in [1.54, 1.807) is 0 Å². The number of likely N-dealkylation sites (tertiary alicyclic amines) is 1. The Bertz CT molecular complexity index is 399. The van der Waals surface area contributed by atoms with Crippen molar-refractivity contribution in [2.75, 3.05) is 19.6 Å². The maximum Gasteiger partial charge on any atom is 0.317 e. The molecular formula is C15H22N2O. The second-order valence-electron chi connectivity index (χ2n) is 5.31. The Hall–Kier alpha value is -1.51. The topological polar surface area (TPSA) is 32.3 Å². The van der Waals surface area contributed by atoms with Crippen LogP contribution in [0.25, 0.3) is 0 Å². The number of hydrogen-bond acceptors (Lipinski definition) is 1. The zero-order chi connectivity index (χ0) is 13.0. The van der Waals surface area contributed by atoms with Crippen molar-refractivity contribution in [2.45, 2.75) is 26.7 Å². The number of hydrogen-bond donors (Lipinski definition) is 1. The molecule has 0 aromatic heterocycles. The highest BCUT2D eigenvalue weighted by Crippen LogP contribution is 2.14. The largest absolute Gasteiger partial charge is 0.338 e. The van der Waals surface area contributed by atoms with Gasteiger partial charge in [0.05, 0.1) is 0 Å². The molecule has 18 heavy (non-hydrogen) atoms. The summed E-state index contributed by atoms with van der Waals surface area (Å²) in [6, 6.07) is 8.56. The van der Waals surface area contributed by atoms with Gasteiger partial charge in [-0.1, -0.05) is 36.8 Å². The van der Waals surface area contributed by atoms with Gasteiger partial charge in [-0.3, -0.25) is 0 Å². The van der Waals surface area contributed by atoms with Gasteiger partial charge in [-0.2, -0.15) is 0 Å². The van der Waals surface area contributed by atoms with E-state index in [1.807, 2.05) is 4.90 Å². The number of urea groups is 1. The molecule has 1 aromatic rings. The molecule has 1 fully saturated rings. The molecule has 1 aliphatic rings. The van der Waals surface area contributed by atoms with Crippen LogP contribution in [0.4, 0.5) is 4.79 Å². The third-order valence-corrected chi connectivity index (χ3v) is 3.52. The van der Waals surface area contributed by atoms with Gasteiger partial charge in [0.1, 0.15) is 0 Å². The zero-order valence-electron chi connectivity index (χ0n) is 11.3. The summed E-state index contributed by atoms with van der Waals surface area (Å²) in [6.07, 6.45) is 2.03. The van der Waals surface area contributed by atoms with E-state index >= 15 is 0 Å². The monoisotopic (exact) mass is 246 g/mol. The molecule has 0 bridgehead atoms. The Morgan fingerprint density at radius 2 is 2.11 bits per heavy atom. The van der Waals surface area contributed by atoms with Gasteiger partial charge in [-0.25, -0.2) is 4.79 Å². The lowest BCUT2D eigenvalue weighted by Gasteiger charge is -2.16. The van der Waals surface area contributed by atoms with Gasteiger partial charge in [0.2, 0.25) is 0 Å². The van der Waals surface area contributed by atoms with E-state index in [0.717, 1.165) is 25.9 Å². The van der Waals surface area contributed by atoms with Crippen LogP contribution in [0.1, 0.15) is 24.5 Å². The highest BCUT2D eigenvalue weighted by molar-refractivity contribution is 5.74. The van der Waals surface area contributed by atoms with Crippen LogP contribution in [0.3, 0.4) is 0 Å². The Morgan fingerprint density at radius 3 is 2.72 bits per heavy atom. The molecule has 0 saturated carbocycles. The minimum absolute atomic E-state index is 0.0893. The lowest BCUT2D eigenvalue weighted by Crippen LogP contribution is -2.39. The van der Waals surface area contributed by atoms with Gasteiger partial charge in [-0.15, -0.1) is 0 Å². The van der Waals surface area contributed by atoms with Gasteiger partial charge in [0, 0.05) is 19.6 Å². The first-order valence-corrected chi connectivity index (χ1v) is 6.73. The minimum Gasteiger partial charge on any atom is -0.338 e. The van der Waals surface area contributed by atoms with E-state index in [2.05, 4.69) is 43.4 Å². The highest BCUT2D eigenvalue weighted by atomic mass is 16.2. The Morgan fingerprint density at radius 1 is 1.39 bits per heavy atom. The fourth-order valence-electron chi connectivity index (χ4n) is 2.30. The molecule has 3 heteroatoms. The molecule has 0 radical (unpaired) electrons. The van der Waals surface area contributed by atoms with Gasteiger partial charge < -0.3 is 10.2 Å². The van der Waals surface area contributed by atoms with Crippen LogP contribution in [-0.2, 0) is 6.42 Å². The number of carbonyl (C=O) groups excluding carboxylic acids is 1. The third kappa shape index (κ3) is 3.49. The summed E-state index contributed by atoms with van der Waals surface area (Å²) in [7, 11) is 0. The molecule has 1 atom stereocenters. The number of amides is 2. The number of rotatable bonds is 3. The average Bonchev–Trinajstić information content (AvgIpc) is 2.78. The lowest BCUT2D eigenvalue weighted by atomic mass is 10.1. The third-order valence-electron chi connectivity index (χ3n) is 3.52. The quantitative estimate of drug-likeness (QED) is 0.873. The molecule has 3 nitrogen and oxygen atoms in total. The number of aryl methyl sites for hydroxylation is 1. The summed E-state index contributed by atoms with van der Waals surface area (Å²) in [5.74, 6) is 0.646. The van der Waals surface area contributed by atoms with Gasteiger partial charge in [0.25, 0.3) is 0 Å². The molecule has 98 valence electrons. The lowest BCUT2D eigenvalue weighted by molar-refractivity contribution is 0.207. The molecule has 0 aliphatic carbocycles. The molecule has 2 rings (SSSR count). The molecular weight excluding hydrogens is 224 g/mol. The standard InChI is InChI=1S/C15H22N2O/c1-12-3-5-14(6-4-12)7-9-16-15(18)17-10-8-13(2)11-17/h3-6,13H,7-11H2,1-2H3,(H,16,18). The van der Waals surface area contributed by atoms with Crippen molar-refractivity contribution >= 4 is 6.03 Å². The average molecular weight is 246 g/mol. The molecule has 0 spiro atoms. The van der Waals surface area contributed by atoms with Crippen molar-refractivity contribution in [2.24, 2.45) is 5.92 Å². The predicted octanol–water partition coefficient (Wildman–Crippen LogP) is 2.59. The SMILES string of the molecule is Cc1ccc(CCNC(=O)N2CCC(C)C2)cc1. The molecule has 2 amide bonds. The van der Waals surface area contributed by atoms with E-state index in [9.17, 15) is 4.79 Å². The Balaban J connectivity index is 1.72. The van der Waals surface area contributed by atoms with E-state index < -0.39 is 0 Å². The van der Waals surface area contributed by atoms with Gasteiger partial charge in [0.15, 0.2) is 0 Å². The number of benzene rings is 1. The fraction of sp³-hybridized carbons (Fsp3) is 0.533. The van der Waals surface area contributed by atoms with Crippen LogP contribution in [0.15, 0.2) is 24.3 Å². The maximum atomic E-state index is 11.9. The molecule has 1 heterocycles. The van der Waals surface area contributed by atoms with Crippen molar-refractivity contribution in [1.82, 2.24) is 10.2 Å². The molecule has 1 saturated heterocycles. The first-order chi connectivity index (χ1) is 8.65. The number of nitrogens with zero attached hydrogens (tertiary/aromatic N) is 1. The molecule has 1 unspecified atom stereocenters. The Labute approximate surface area is 109 Å². The highest BCUT2D eigenvalue weighted by Gasteiger charge is 2.22. The van der Waals surface area contributed by atoms with Crippen LogP contribution in [0, 0.1) is 12.8 Å². The second-order valence-corrected chi connectivity index (χ2v) is 5.31. The summed E-state index contributed by atoms with van der Waals surface area (Å²) in [5.41, 5.74) is 2.55. The van der Waals surface area contributed by atoms with Crippen LogP contribution >= 0.6 is 0 Å². The van der Waals surface area contributed by atoms with Crippen molar-refractivity contribution in [3.05, 3.63) is 35.4 Å². The second kappa shape index (κ2) is 5.89. The zero-order valence-corrected chi connectivity index (χ0v) is 11.3. The molecule has 1 aliphatic heterocycles. The summed E-state index contributed by atoms with van der Waals surface area (Å²) in [6.45, 7) is 6.79. The molecule has 1 aromatic carbocycles. The first kappa shape index (κ1) is 12.9. The summed E-state index contributed by atoms with van der Waals surface area (Å²) in [5, 5.41) is 3.00. The normalized spacial score (nSPS) is 19.0. The van der Waals surface area contributed by atoms with Crippen molar-refractivity contribution < 1.29 is 4.79 Å². The van der Waals surface area contributed by atoms with Crippen LogP contribution in [0.5, 0.6) is 0 Å². The van der Waals surface area contributed by atoms with E-state index in [-0.39, 0.29) is 6.03 Å². The Kier molecular flexibility index (Phi) is 4.24. The first-order valence-electron chi connectivity index (χ1n) is 6.73. The van der Waals surface area contributed by atoms with Crippen LogP contribution in [0.2, 0.25) is 0 Å². The van der Waals surface area contributed by atoms with Crippen LogP contribution < -0.4 is 5.32 Å². The number of carbonyl (C=O) groups is 1. The van der Waals surface area contributed by atoms with E-state index in [4.69, 9.17) is 0 Å². The number of nitrogens with one attached hydrogen (secondary N) is 1. The van der Waals surface area contributed by atoms with Gasteiger partial charge >= 0.3 is 6.03 Å². The van der Waals surface area contributed by atoms with Crippen molar-refractivity contribution in [1.29, 1.82) is 0 Å². The minimum atomic E-state index is 0.0893. The van der Waals surface area contributed by atoms with E-state index in [1.165, 1.54) is 11.1 Å². The van der Waals surface area contributed by atoms with Crippen LogP contribution in [-0.4, -0.2) is 30.6 Å². The van der Waals surface area contributed by atoms with Crippen molar-refractivity contribution in [3.63, 3.8) is 0 Å². The smallest absolute Gasteiger partial charge is 0.317 e.